The fourth-order valence-electron chi connectivity index (χ4n) is 2.09. The highest BCUT2D eigenvalue weighted by atomic mass is 19.1. The molecule has 3 nitrogen and oxygen atoms in total. The molecule has 0 aliphatic heterocycles. The van der Waals surface area contributed by atoms with Gasteiger partial charge in [-0.1, -0.05) is 12.1 Å². The third kappa shape index (κ3) is 3.62. The lowest BCUT2D eigenvalue weighted by atomic mass is 10.1. The number of pyridine rings is 1. The average Bonchev–Trinajstić information content (AvgIpc) is 2.47. The van der Waals surface area contributed by atoms with Crippen LogP contribution in [-0.2, 0) is 6.42 Å². The minimum Gasteiger partial charge on any atom is -0.287 e. The zero-order valence-electron chi connectivity index (χ0n) is 11.3. The van der Waals surface area contributed by atoms with Crippen LogP contribution in [0.4, 0.5) is 4.39 Å². The summed E-state index contributed by atoms with van der Waals surface area (Å²) in [5.74, 6) is -0.315. The summed E-state index contributed by atoms with van der Waals surface area (Å²) in [6, 6.07) is 11.9. The lowest BCUT2D eigenvalue weighted by Crippen LogP contribution is -2.26. The zero-order chi connectivity index (χ0) is 14.4. The van der Waals surface area contributed by atoms with Crippen molar-refractivity contribution in [2.75, 3.05) is 13.6 Å². The van der Waals surface area contributed by atoms with Crippen LogP contribution in [0.1, 0.15) is 17.2 Å². The molecule has 1 heterocycles. The number of aromatic nitrogens is 1. The molecule has 0 amide bonds. The average molecular weight is 269 g/mol. The first-order chi connectivity index (χ1) is 9.70. The lowest BCUT2D eigenvalue weighted by molar-refractivity contribution is 0.295. The predicted octanol–water partition coefficient (Wildman–Crippen LogP) is 2.96. The summed E-state index contributed by atoms with van der Waals surface area (Å²) < 4.78 is 13.2. The van der Waals surface area contributed by atoms with Crippen molar-refractivity contribution in [2.45, 2.75) is 12.5 Å². The van der Waals surface area contributed by atoms with Gasteiger partial charge in [-0.15, -0.1) is 0 Å². The Morgan fingerprint density at radius 2 is 2.05 bits per heavy atom. The van der Waals surface area contributed by atoms with Gasteiger partial charge >= 0.3 is 0 Å². The monoisotopic (exact) mass is 269 g/mol. The Morgan fingerprint density at radius 1 is 1.30 bits per heavy atom. The first kappa shape index (κ1) is 14.2. The van der Waals surface area contributed by atoms with Crippen molar-refractivity contribution in [3.63, 3.8) is 0 Å². The molecule has 0 radical (unpaired) electrons. The molecule has 102 valence electrons. The van der Waals surface area contributed by atoms with Gasteiger partial charge in [0, 0.05) is 18.9 Å². The fourth-order valence-corrected chi connectivity index (χ4v) is 2.09. The van der Waals surface area contributed by atoms with Crippen LogP contribution in [0.25, 0.3) is 0 Å². The van der Waals surface area contributed by atoms with Crippen molar-refractivity contribution in [3.05, 3.63) is 65.7 Å². The van der Waals surface area contributed by atoms with Gasteiger partial charge in [0.2, 0.25) is 0 Å². The standard InChI is InChI=1S/C16H16FN3/c1-20(10-7-13-5-8-19-9-6-13)16(12-18)14-3-2-4-15(17)11-14/h2-6,8-9,11,16H,7,10H2,1H3. The lowest BCUT2D eigenvalue weighted by Gasteiger charge is -2.22. The van der Waals surface area contributed by atoms with E-state index in [1.165, 1.54) is 17.7 Å². The molecule has 0 spiro atoms. The molecule has 20 heavy (non-hydrogen) atoms. The summed E-state index contributed by atoms with van der Waals surface area (Å²) in [6.07, 6.45) is 4.33. The van der Waals surface area contributed by atoms with Gasteiger partial charge in [0.25, 0.3) is 0 Å². The molecule has 2 rings (SSSR count). The molecule has 1 aromatic carbocycles. The molecule has 0 saturated carbocycles. The van der Waals surface area contributed by atoms with E-state index in [1.807, 2.05) is 24.1 Å². The Balaban J connectivity index is 2.03. The molecule has 0 aliphatic rings. The maximum atomic E-state index is 13.2. The van der Waals surface area contributed by atoms with Gasteiger partial charge in [-0.3, -0.25) is 9.88 Å². The van der Waals surface area contributed by atoms with Crippen LogP contribution in [0.2, 0.25) is 0 Å². The van der Waals surface area contributed by atoms with E-state index in [-0.39, 0.29) is 5.82 Å². The number of hydrogen-bond donors (Lipinski definition) is 0. The van der Waals surface area contributed by atoms with Crippen molar-refractivity contribution in [2.24, 2.45) is 0 Å². The number of benzene rings is 1. The van der Waals surface area contributed by atoms with Gasteiger partial charge in [-0.25, -0.2) is 4.39 Å². The van der Waals surface area contributed by atoms with Crippen LogP contribution in [0.15, 0.2) is 48.8 Å². The van der Waals surface area contributed by atoms with Crippen LogP contribution < -0.4 is 0 Å². The predicted molar refractivity (Wildman–Crippen MR) is 75.3 cm³/mol. The molecule has 0 aliphatic carbocycles. The first-order valence-corrected chi connectivity index (χ1v) is 6.45. The molecule has 1 atom stereocenters. The number of nitriles is 1. The van der Waals surface area contributed by atoms with Crippen LogP contribution in [0.5, 0.6) is 0 Å². The zero-order valence-corrected chi connectivity index (χ0v) is 11.3. The Morgan fingerprint density at radius 3 is 2.70 bits per heavy atom. The highest BCUT2D eigenvalue weighted by Crippen LogP contribution is 2.19. The topological polar surface area (TPSA) is 39.9 Å². The third-order valence-electron chi connectivity index (χ3n) is 3.23. The van der Waals surface area contributed by atoms with Crippen molar-refractivity contribution in [1.29, 1.82) is 5.26 Å². The van der Waals surface area contributed by atoms with E-state index in [9.17, 15) is 9.65 Å². The second kappa shape index (κ2) is 6.78. The number of halogens is 1. The summed E-state index contributed by atoms with van der Waals surface area (Å²) in [6.45, 7) is 0.721. The van der Waals surface area contributed by atoms with Crippen LogP contribution >= 0.6 is 0 Å². The van der Waals surface area contributed by atoms with Crippen molar-refractivity contribution in [1.82, 2.24) is 9.88 Å². The smallest absolute Gasteiger partial charge is 0.123 e. The maximum absolute atomic E-state index is 13.2. The van der Waals surface area contributed by atoms with Gasteiger partial charge < -0.3 is 0 Å². The number of rotatable bonds is 5. The summed E-state index contributed by atoms with van der Waals surface area (Å²) in [4.78, 5) is 5.90. The van der Waals surface area contributed by atoms with Gasteiger partial charge in [0.15, 0.2) is 0 Å². The highest BCUT2D eigenvalue weighted by molar-refractivity contribution is 5.25. The molecule has 1 unspecified atom stereocenters. The highest BCUT2D eigenvalue weighted by Gasteiger charge is 2.16. The van der Waals surface area contributed by atoms with E-state index in [4.69, 9.17) is 0 Å². The summed E-state index contributed by atoms with van der Waals surface area (Å²) in [5.41, 5.74) is 1.85. The Hall–Kier alpha value is -2.25. The van der Waals surface area contributed by atoms with Crippen molar-refractivity contribution >= 4 is 0 Å². The van der Waals surface area contributed by atoms with E-state index in [0.29, 0.717) is 5.56 Å². The molecule has 1 aromatic heterocycles. The Kier molecular flexibility index (Phi) is 4.80. The second-order valence-corrected chi connectivity index (χ2v) is 4.67. The molecule has 0 bridgehead atoms. The van der Waals surface area contributed by atoms with Gasteiger partial charge in [-0.2, -0.15) is 5.26 Å². The molecular formula is C16H16FN3. The maximum Gasteiger partial charge on any atom is 0.123 e. The summed E-state index contributed by atoms with van der Waals surface area (Å²) >= 11 is 0. The fraction of sp³-hybridized carbons (Fsp3) is 0.250. The van der Waals surface area contributed by atoms with Crippen molar-refractivity contribution < 1.29 is 4.39 Å². The molecule has 4 heteroatoms. The normalized spacial score (nSPS) is 12.1. The second-order valence-electron chi connectivity index (χ2n) is 4.67. The minimum absolute atomic E-state index is 0.315. The third-order valence-corrected chi connectivity index (χ3v) is 3.23. The molecule has 0 saturated heterocycles. The van der Waals surface area contributed by atoms with Gasteiger partial charge in [-0.05, 0) is 48.9 Å². The largest absolute Gasteiger partial charge is 0.287 e. The number of nitrogens with zero attached hydrogens (tertiary/aromatic N) is 3. The number of likely N-dealkylation sites (N-methyl/N-ethyl adjacent to an activating group) is 1. The van der Waals surface area contributed by atoms with E-state index in [2.05, 4.69) is 11.1 Å². The van der Waals surface area contributed by atoms with Crippen molar-refractivity contribution in [3.8, 4) is 6.07 Å². The van der Waals surface area contributed by atoms with E-state index in [1.54, 1.807) is 24.5 Å². The number of hydrogen-bond acceptors (Lipinski definition) is 3. The SMILES string of the molecule is CN(CCc1ccncc1)C(C#N)c1cccc(F)c1. The summed E-state index contributed by atoms with van der Waals surface area (Å²) in [5, 5.41) is 9.31. The summed E-state index contributed by atoms with van der Waals surface area (Å²) in [7, 11) is 1.87. The molecule has 0 N–H and O–H groups in total. The Labute approximate surface area is 118 Å². The van der Waals surface area contributed by atoms with Gasteiger partial charge in [0.05, 0.1) is 6.07 Å². The van der Waals surface area contributed by atoms with E-state index >= 15 is 0 Å². The molecule has 0 fully saturated rings. The van der Waals surface area contributed by atoms with E-state index < -0.39 is 6.04 Å². The van der Waals surface area contributed by atoms with Crippen LogP contribution in [0, 0.1) is 17.1 Å². The van der Waals surface area contributed by atoms with Crippen LogP contribution in [0.3, 0.4) is 0 Å². The molecular weight excluding hydrogens is 253 g/mol. The first-order valence-electron chi connectivity index (χ1n) is 6.45. The molecule has 2 aromatic rings. The van der Waals surface area contributed by atoms with Crippen LogP contribution in [-0.4, -0.2) is 23.5 Å². The minimum atomic E-state index is -0.437. The Bertz CT molecular complexity index is 592. The van der Waals surface area contributed by atoms with E-state index in [0.717, 1.165) is 13.0 Å². The quantitative estimate of drug-likeness (QED) is 0.837. The van der Waals surface area contributed by atoms with Gasteiger partial charge in [0.1, 0.15) is 11.9 Å².